The van der Waals surface area contributed by atoms with Gasteiger partial charge in [-0.05, 0) is 39.0 Å². The monoisotopic (exact) mass is 458 g/mol. The zero-order valence-electron chi connectivity index (χ0n) is 19.8. The van der Waals surface area contributed by atoms with Crippen LogP contribution in [0.4, 0.5) is 0 Å². The van der Waals surface area contributed by atoms with E-state index in [4.69, 9.17) is 0 Å². The lowest BCUT2D eigenvalue weighted by molar-refractivity contribution is 0.0781. The van der Waals surface area contributed by atoms with E-state index in [1.807, 2.05) is 43.7 Å². The zero-order valence-corrected chi connectivity index (χ0v) is 19.8. The van der Waals surface area contributed by atoms with Crippen LogP contribution in [-0.2, 0) is 13.1 Å². The van der Waals surface area contributed by atoms with Gasteiger partial charge in [-0.1, -0.05) is 11.6 Å². The Bertz CT molecular complexity index is 1400. The number of rotatable bonds is 6. The number of aromatic nitrogens is 6. The van der Waals surface area contributed by atoms with E-state index in [-0.39, 0.29) is 23.2 Å². The van der Waals surface area contributed by atoms with E-state index in [0.717, 1.165) is 23.4 Å². The molecule has 0 radical (unpaired) electrons. The SMILES string of the molecule is CCn1ncc(CN(C)C(=O)c2nc(-c3cnnc(C(=O)NC)c3)nc3ccc(C)cc23)c1C. The normalized spacial score (nSPS) is 11.0. The lowest BCUT2D eigenvalue weighted by atomic mass is 10.1. The molecule has 1 N–H and O–H groups in total. The Labute approximate surface area is 197 Å². The molecular weight excluding hydrogens is 432 g/mol. The van der Waals surface area contributed by atoms with E-state index in [1.165, 1.54) is 13.2 Å². The number of nitrogens with zero attached hydrogens (tertiary/aromatic N) is 7. The van der Waals surface area contributed by atoms with Crippen molar-refractivity contribution in [1.82, 2.24) is 40.2 Å². The molecule has 0 aliphatic rings. The molecule has 0 bridgehead atoms. The third-order valence-corrected chi connectivity index (χ3v) is 5.68. The maximum Gasteiger partial charge on any atom is 0.273 e. The van der Waals surface area contributed by atoms with Crippen molar-refractivity contribution < 1.29 is 9.59 Å². The molecular formula is C24H26N8O2. The van der Waals surface area contributed by atoms with Crippen molar-refractivity contribution in [3.63, 3.8) is 0 Å². The predicted octanol–water partition coefficient (Wildman–Crippen LogP) is 2.55. The first-order chi connectivity index (χ1) is 16.3. The molecule has 10 nitrogen and oxygen atoms in total. The number of hydrogen-bond acceptors (Lipinski definition) is 7. The topological polar surface area (TPSA) is 119 Å². The molecule has 34 heavy (non-hydrogen) atoms. The Morgan fingerprint density at radius 1 is 1.12 bits per heavy atom. The van der Waals surface area contributed by atoms with Crippen LogP contribution in [0.1, 0.15) is 44.7 Å². The minimum Gasteiger partial charge on any atom is -0.354 e. The maximum absolute atomic E-state index is 13.6. The third kappa shape index (κ3) is 4.34. The number of nitrogens with one attached hydrogen (secondary N) is 1. The summed E-state index contributed by atoms with van der Waals surface area (Å²) in [4.78, 5) is 36.5. The van der Waals surface area contributed by atoms with Crippen LogP contribution < -0.4 is 5.32 Å². The molecule has 4 aromatic rings. The summed E-state index contributed by atoms with van der Waals surface area (Å²) >= 11 is 0. The molecule has 0 unspecified atom stereocenters. The number of amides is 2. The second-order valence-corrected chi connectivity index (χ2v) is 8.06. The van der Waals surface area contributed by atoms with Gasteiger partial charge in [0, 0.05) is 49.4 Å². The lowest BCUT2D eigenvalue weighted by Gasteiger charge is -2.18. The smallest absolute Gasteiger partial charge is 0.273 e. The number of benzene rings is 1. The largest absolute Gasteiger partial charge is 0.354 e. The van der Waals surface area contributed by atoms with Gasteiger partial charge in [0.05, 0.1) is 17.9 Å². The molecule has 3 heterocycles. The quantitative estimate of drug-likeness (QED) is 0.472. The molecule has 0 aliphatic heterocycles. The van der Waals surface area contributed by atoms with Gasteiger partial charge in [0.1, 0.15) is 5.69 Å². The van der Waals surface area contributed by atoms with Gasteiger partial charge in [-0.2, -0.15) is 10.2 Å². The van der Waals surface area contributed by atoms with Crippen LogP contribution in [0.2, 0.25) is 0 Å². The maximum atomic E-state index is 13.6. The van der Waals surface area contributed by atoms with E-state index in [9.17, 15) is 9.59 Å². The second kappa shape index (κ2) is 9.34. The van der Waals surface area contributed by atoms with Crippen LogP contribution in [0, 0.1) is 13.8 Å². The summed E-state index contributed by atoms with van der Waals surface area (Å²) < 4.78 is 1.90. The average molecular weight is 459 g/mol. The van der Waals surface area contributed by atoms with Crippen molar-refractivity contribution >= 4 is 22.7 Å². The van der Waals surface area contributed by atoms with Crippen LogP contribution in [0.25, 0.3) is 22.3 Å². The summed E-state index contributed by atoms with van der Waals surface area (Å²) in [6.07, 6.45) is 3.27. The highest BCUT2D eigenvalue weighted by molar-refractivity contribution is 6.05. The van der Waals surface area contributed by atoms with Crippen molar-refractivity contribution in [3.05, 3.63) is 64.9 Å². The minimum atomic E-state index is -0.371. The molecule has 4 rings (SSSR count). The fourth-order valence-corrected chi connectivity index (χ4v) is 3.73. The fourth-order valence-electron chi connectivity index (χ4n) is 3.73. The molecule has 0 saturated carbocycles. The highest BCUT2D eigenvalue weighted by atomic mass is 16.2. The van der Waals surface area contributed by atoms with Gasteiger partial charge >= 0.3 is 0 Å². The molecule has 0 atom stereocenters. The van der Waals surface area contributed by atoms with E-state index in [1.54, 1.807) is 24.2 Å². The van der Waals surface area contributed by atoms with Gasteiger partial charge in [-0.15, -0.1) is 5.10 Å². The van der Waals surface area contributed by atoms with Gasteiger partial charge in [-0.25, -0.2) is 9.97 Å². The predicted molar refractivity (Wildman–Crippen MR) is 127 cm³/mol. The van der Waals surface area contributed by atoms with Crippen LogP contribution in [0.3, 0.4) is 0 Å². The van der Waals surface area contributed by atoms with Crippen LogP contribution in [0.5, 0.6) is 0 Å². The highest BCUT2D eigenvalue weighted by Gasteiger charge is 2.21. The Kier molecular flexibility index (Phi) is 6.31. The number of carbonyl (C=O) groups excluding carboxylic acids is 2. The molecule has 0 aliphatic carbocycles. The lowest BCUT2D eigenvalue weighted by Crippen LogP contribution is -2.28. The first kappa shape index (κ1) is 23.0. The zero-order chi connectivity index (χ0) is 24.4. The first-order valence-corrected chi connectivity index (χ1v) is 10.9. The van der Waals surface area contributed by atoms with E-state index in [0.29, 0.717) is 28.8 Å². The molecule has 10 heteroatoms. The summed E-state index contributed by atoms with van der Waals surface area (Å²) in [6, 6.07) is 7.25. The van der Waals surface area contributed by atoms with Gasteiger partial charge in [0.15, 0.2) is 11.5 Å². The van der Waals surface area contributed by atoms with Crippen molar-refractivity contribution in [3.8, 4) is 11.4 Å². The number of carbonyl (C=O) groups is 2. The second-order valence-electron chi connectivity index (χ2n) is 8.06. The van der Waals surface area contributed by atoms with Crippen LogP contribution in [0.15, 0.2) is 36.7 Å². The molecule has 174 valence electrons. The molecule has 3 aromatic heterocycles. The number of aryl methyl sites for hydroxylation is 2. The Morgan fingerprint density at radius 3 is 2.62 bits per heavy atom. The summed E-state index contributed by atoms with van der Waals surface area (Å²) in [6.45, 7) is 7.14. The van der Waals surface area contributed by atoms with Gasteiger partial charge in [0.25, 0.3) is 11.8 Å². The Balaban J connectivity index is 1.78. The summed E-state index contributed by atoms with van der Waals surface area (Å²) in [5.41, 5.74) is 4.53. The van der Waals surface area contributed by atoms with Crippen molar-refractivity contribution in [2.24, 2.45) is 0 Å². The average Bonchev–Trinajstić information content (AvgIpc) is 3.21. The molecule has 0 fully saturated rings. The fraction of sp³-hybridized carbons (Fsp3) is 0.292. The highest BCUT2D eigenvalue weighted by Crippen LogP contribution is 2.24. The van der Waals surface area contributed by atoms with Gasteiger partial charge in [-0.3, -0.25) is 14.3 Å². The first-order valence-electron chi connectivity index (χ1n) is 10.9. The van der Waals surface area contributed by atoms with Crippen LogP contribution >= 0.6 is 0 Å². The van der Waals surface area contributed by atoms with E-state index < -0.39 is 0 Å². The van der Waals surface area contributed by atoms with E-state index >= 15 is 0 Å². The summed E-state index contributed by atoms with van der Waals surface area (Å²) in [5, 5.41) is 15.3. The summed E-state index contributed by atoms with van der Waals surface area (Å²) in [5.74, 6) is -0.315. The van der Waals surface area contributed by atoms with Crippen LogP contribution in [-0.4, -0.2) is 60.8 Å². The standard InChI is InChI=1S/C24H26N8O2/c1-6-32-15(3)17(12-27-32)13-31(5)24(34)21-18-9-14(2)7-8-19(18)28-22(29-21)16-10-20(23(33)25-4)30-26-11-16/h7-12H,6,13H2,1-5H3,(H,25,33). The van der Waals surface area contributed by atoms with Gasteiger partial charge in [0.2, 0.25) is 0 Å². The third-order valence-electron chi connectivity index (χ3n) is 5.68. The van der Waals surface area contributed by atoms with E-state index in [2.05, 4.69) is 30.6 Å². The molecule has 0 saturated heterocycles. The number of fused-ring (bicyclic) bond motifs is 1. The van der Waals surface area contributed by atoms with Crippen molar-refractivity contribution in [2.75, 3.05) is 14.1 Å². The minimum absolute atomic E-state index is 0.140. The Hall–Kier alpha value is -4.21. The van der Waals surface area contributed by atoms with Crippen molar-refractivity contribution in [1.29, 1.82) is 0 Å². The molecule has 0 spiro atoms. The van der Waals surface area contributed by atoms with Crippen molar-refractivity contribution in [2.45, 2.75) is 33.9 Å². The Morgan fingerprint density at radius 2 is 1.91 bits per heavy atom. The molecule has 1 aromatic carbocycles. The van der Waals surface area contributed by atoms with Gasteiger partial charge < -0.3 is 10.2 Å². The number of hydrogen-bond donors (Lipinski definition) is 1. The summed E-state index contributed by atoms with van der Waals surface area (Å²) in [7, 11) is 3.26. The molecule has 2 amide bonds.